The van der Waals surface area contributed by atoms with E-state index < -0.39 is 21.9 Å². The lowest BCUT2D eigenvalue weighted by molar-refractivity contribution is 0.259. The van der Waals surface area contributed by atoms with Crippen LogP contribution in [-0.4, -0.2) is 14.4 Å². The van der Waals surface area contributed by atoms with Crippen molar-refractivity contribution in [2.45, 2.75) is 11.8 Å². The molecule has 0 radical (unpaired) electrons. The number of rotatable bonds is 4. The molecule has 0 bridgehead atoms. The Hall–Kier alpha value is -2.61. The second kappa shape index (κ2) is 6.02. The fourth-order valence-corrected chi connectivity index (χ4v) is 3.17. The van der Waals surface area contributed by atoms with Crippen LogP contribution in [-0.2, 0) is 10.0 Å². The van der Waals surface area contributed by atoms with Crippen LogP contribution in [0.4, 0.5) is 20.6 Å². The minimum atomic E-state index is -3.83. The van der Waals surface area contributed by atoms with Gasteiger partial charge in [-0.1, -0.05) is 0 Å². The largest absolute Gasteiger partial charge is 0.351 e. The molecule has 6 nitrogen and oxygen atoms in total. The molecule has 2 aromatic rings. The Bertz CT molecular complexity index is 805. The molecule has 0 spiro atoms. The molecule has 0 heterocycles. The van der Waals surface area contributed by atoms with Gasteiger partial charge >= 0.3 is 6.03 Å². The summed E-state index contributed by atoms with van der Waals surface area (Å²) in [7, 11) is -3.83. The number of primary amides is 1. The minimum Gasteiger partial charge on any atom is -0.351 e. The molecule has 2 rings (SSSR count). The van der Waals surface area contributed by atoms with Crippen molar-refractivity contribution in [1.82, 2.24) is 0 Å². The zero-order valence-electron chi connectivity index (χ0n) is 11.6. The predicted octanol–water partition coefficient (Wildman–Crippen LogP) is 2.43. The molecule has 0 fully saturated rings. The highest BCUT2D eigenvalue weighted by atomic mass is 32.2. The van der Waals surface area contributed by atoms with Gasteiger partial charge in [-0.3, -0.25) is 4.72 Å². The summed E-state index contributed by atoms with van der Waals surface area (Å²) >= 11 is 0. The molecule has 0 unspecified atom stereocenters. The Labute approximate surface area is 127 Å². The first kappa shape index (κ1) is 15.8. The van der Waals surface area contributed by atoms with Crippen LogP contribution in [0, 0.1) is 12.7 Å². The van der Waals surface area contributed by atoms with Crippen LogP contribution < -0.4 is 15.8 Å². The number of benzene rings is 2. The van der Waals surface area contributed by atoms with Gasteiger partial charge in [-0.2, -0.15) is 0 Å². The summed E-state index contributed by atoms with van der Waals surface area (Å²) in [6.45, 7) is 1.51. The van der Waals surface area contributed by atoms with Crippen molar-refractivity contribution in [3.8, 4) is 0 Å². The van der Waals surface area contributed by atoms with Gasteiger partial charge in [-0.15, -0.1) is 0 Å². The van der Waals surface area contributed by atoms with Crippen LogP contribution in [0.15, 0.2) is 47.4 Å². The van der Waals surface area contributed by atoms with E-state index in [0.717, 1.165) is 12.1 Å². The lowest BCUT2D eigenvalue weighted by Crippen LogP contribution is -2.19. The summed E-state index contributed by atoms with van der Waals surface area (Å²) in [4.78, 5) is 10.7. The SMILES string of the molecule is Cc1cc(F)ccc1S(=O)(=O)Nc1ccc(NC(N)=O)cc1. The number of nitrogens with two attached hydrogens (primary N) is 1. The van der Waals surface area contributed by atoms with E-state index in [9.17, 15) is 17.6 Å². The Balaban J connectivity index is 2.23. The highest BCUT2D eigenvalue weighted by molar-refractivity contribution is 7.92. The van der Waals surface area contributed by atoms with Gasteiger partial charge in [0, 0.05) is 11.4 Å². The number of nitrogens with one attached hydrogen (secondary N) is 2. The summed E-state index contributed by atoms with van der Waals surface area (Å²) in [5, 5.41) is 2.36. The summed E-state index contributed by atoms with van der Waals surface area (Å²) in [5.74, 6) is -0.502. The van der Waals surface area contributed by atoms with E-state index in [1.54, 1.807) is 0 Å². The van der Waals surface area contributed by atoms with Crippen LogP contribution in [0.25, 0.3) is 0 Å². The number of aryl methyl sites for hydroxylation is 1. The van der Waals surface area contributed by atoms with E-state index in [4.69, 9.17) is 5.73 Å². The average Bonchev–Trinajstić information content (AvgIpc) is 2.39. The number of hydrogen-bond donors (Lipinski definition) is 3. The molecule has 2 aromatic carbocycles. The van der Waals surface area contributed by atoms with Gasteiger partial charge < -0.3 is 11.1 Å². The molecule has 0 aliphatic heterocycles. The molecule has 8 heteroatoms. The molecule has 0 aliphatic carbocycles. The van der Waals surface area contributed by atoms with Gasteiger partial charge in [0.15, 0.2) is 0 Å². The first-order valence-corrected chi connectivity index (χ1v) is 7.72. The Morgan fingerprint density at radius 2 is 1.68 bits per heavy atom. The quantitative estimate of drug-likeness (QED) is 0.805. The molecule has 2 amide bonds. The van der Waals surface area contributed by atoms with Crippen LogP contribution in [0.1, 0.15) is 5.56 Å². The smallest absolute Gasteiger partial charge is 0.316 e. The maximum absolute atomic E-state index is 13.1. The number of sulfonamides is 1. The Kier molecular flexibility index (Phi) is 4.32. The lowest BCUT2D eigenvalue weighted by Gasteiger charge is -2.11. The number of carbonyl (C=O) groups is 1. The van der Waals surface area contributed by atoms with Crippen molar-refractivity contribution < 1.29 is 17.6 Å². The summed E-state index contributed by atoms with van der Waals surface area (Å²) in [6.07, 6.45) is 0. The minimum absolute atomic E-state index is 0.00626. The molecular formula is C14H14FN3O3S. The summed E-state index contributed by atoms with van der Waals surface area (Å²) < 4.78 is 40.0. The summed E-state index contributed by atoms with van der Waals surface area (Å²) in [5.41, 5.74) is 6.02. The van der Waals surface area contributed by atoms with Crippen LogP contribution in [0.5, 0.6) is 0 Å². The van der Waals surface area contributed by atoms with E-state index in [0.29, 0.717) is 16.9 Å². The van der Waals surface area contributed by atoms with E-state index in [-0.39, 0.29) is 4.90 Å². The van der Waals surface area contributed by atoms with Crippen LogP contribution >= 0.6 is 0 Å². The Morgan fingerprint density at radius 3 is 2.23 bits per heavy atom. The summed E-state index contributed by atoms with van der Waals surface area (Å²) in [6, 6.07) is 8.67. The number of amides is 2. The van der Waals surface area contributed by atoms with Crippen LogP contribution in [0.2, 0.25) is 0 Å². The normalized spacial score (nSPS) is 11.0. The van der Waals surface area contributed by atoms with Crippen molar-refractivity contribution >= 4 is 27.4 Å². The maximum atomic E-state index is 13.1. The fraction of sp³-hybridized carbons (Fsp3) is 0.0714. The molecule has 0 atom stereocenters. The van der Waals surface area contributed by atoms with Gasteiger partial charge in [0.2, 0.25) is 0 Å². The molecule has 0 saturated carbocycles. The van der Waals surface area contributed by atoms with Gasteiger partial charge in [0.1, 0.15) is 5.82 Å². The molecule has 4 N–H and O–H groups in total. The van der Waals surface area contributed by atoms with Crippen molar-refractivity contribution in [2.75, 3.05) is 10.0 Å². The number of carbonyl (C=O) groups excluding carboxylic acids is 1. The number of halogens is 1. The maximum Gasteiger partial charge on any atom is 0.316 e. The number of urea groups is 1. The second-order valence-electron chi connectivity index (χ2n) is 4.58. The fourth-order valence-electron chi connectivity index (χ4n) is 1.89. The highest BCUT2D eigenvalue weighted by Gasteiger charge is 2.17. The van der Waals surface area contributed by atoms with Gasteiger partial charge in [-0.25, -0.2) is 17.6 Å². The van der Waals surface area contributed by atoms with Crippen molar-refractivity contribution in [1.29, 1.82) is 0 Å². The number of anilines is 2. The molecule has 0 aromatic heterocycles. The van der Waals surface area contributed by atoms with E-state index >= 15 is 0 Å². The third-order valence-corrected chi connectivity index (χ3v) is 4.37. The predicted molar refractivity (Wildman–Crippen MR) is 81.6 cm³/mol. The topological polar surface area (TPSA) is 101 Å². The van der Waals surface area contributed by atoms with Crippen LogP contribution in [0.3, 0.4) is 0 Å². The van der Waals surface area contributed by atoms with Gasteiger partial charge in [-0.05, 0) is 55.0 Å². The highest BCUT2D eigenvalue weighted by Crippen LogP contribution is 2.21. The zero-order chi connectivity index (χ0) is 16.3. The van der Waals surface area contributed by atoms with Gasteiger partial charge in [0.05, 0.1) is 4.90 Å². The molecule has 116 valence electrons. The third-order valence-electron chi connectivity index (χ3n) is 2.83. The zero-order valence-corrected chi connectivity index (χ0v) is 12.4. The third kappa shape index (κ3) is 3.73. The number of hydrogen-bond acceptors (Lipinski definition) is 3. The molecule has 0 aliphatic rings. The molecule has 0 saturated heterocycles. The molecule has 22 heavy (non-hydrogen) atoms. The van der Waals surface area contributed by atoms with Crippen molar-refractivity contribution in [2.24, 2.45) is 5.73 Å². The monoisotopic (exact) mass is 323 g/mol. The van der Waals surface area contributed by atoms with E-state index in [1.807, 2.05) is 0 Å². The first-order valence-electron chi connectivity index (χ1n) is 6.23. The van der Waals surface area contributed by atoms with Crippen molar-refractivity contribution in [3.63, 3.8) is 0 Å². The molecular weight excluding hydrogens is 309 g/mol. The average molecular weight is 323 g/mol. The first-order chi connectivity index (χ1) is 10.3. The van der Waals surface area contributed by atoms with Gasteiger partial charge in [0.25, 0.3) is 10.0 Å². The lowest BCUT2D eigenvalue weighted by atomic mass is 10.2. The standard InChI is InChI=1S/C14H14FN3O3S/c1-9-8-10(15)2-7-13(9)22(20,21)18-12-5-3-11(4-6-12)17-14(16)19/h2-8,18H,1H3,(H3,16,17,19). The van der Waals surface area contributed by atoms with E-state index in [1.165, 1.54) is 37.3 Å². The van der Waals surface area contributed by atoms with Crippen molar-refractivity contribution in [3.05, 3.63) is 53.8 Å². The second-order valence-corrected chi connectivity index (χ2v) is 6.23. The van der Waals surface area contributed by atoms with E-state index in [2.05, 4.69) is 10.0 Å². The Morgan fingerprint density at radius 1 is 1.09 bits per heavy atom.